The molecule has 0 unspecified atom stereocenters. The highest BCUT2D eigenvalue weighted by molar-refractivity contribution is 7.89. The van der Waals surface area contributed by atoms with Gasteiger partial charge in [0.05, 0.1) is 4.92 Å². The van der Waals surface area contributed by atoms with Gasteiger partial charge in [-0.15, -0.1) is 0 Å². The van der Waals surface area contributed by atoms with Crippen molar-refractivity contribution in [3.63, 3.8) is 0 Å². The normalized spacial score (nSPS) is 12.8. The lowest BCUT2D eigenvalue weighted by Crippen LogP contribution is -2.53. The zero-order chi connectivity index (χ0) is 26.0. The van der Waals surface area contributed by atoms with Gasteiger partial charge in [-0.1, -0.05) is 42.5 Å². The predicted molar refractivity (Wildman–Crippen MR) is 128 cm³/mol. The maximum absolute atomic E-state index is 13.0. The minimum absolute atomic E-state index is 0.0701. The van der Waals surface area contributed by atoms with E-state index in [0.29, 0.717) is 0 Å². The third-order valence-corrected chi connectivity index (χ3v) is 6.37. The van der Waals surface area contributed by atoms with Crippen molar-refractivity contribution < 1.29 is 22.9 Å². The fourth-order valence-electron chi connectivity index (χ4n) is 3.18. The SMILES string of the molecule is NC(=O)[C@H](Cc1ccccc1)NC(=O)[C@H](CCCN=C(N)N)NS(=O)(=O)c1ccccc1[N+](=O)[O-]. The first-order valence-corrected chi connectivity index (χ1v) is 11.9. The van der Waals surface area contributed by atoms with E-state index in [4.69, 9.17) is 17.2 Å². The summed E-state index contributed by atoms with van der Waals surface area (Å²) >= 11 is 0. The summed E-state index contributed by atoms with van der Waals surface area (Å²) in [6, 6.07) is 11.0. The van der Waals surface area contributed by atoms with Gasteiger partial charge in [0.1, 0.15) is 12.1 Å². The number of carbonyl (C=O) groups is 2. The molecule has 0 bridgehead atoms. The van der Waals surface area contributed by atoms with E-state index in [1.165, 1.54) is 12.1 Å². The zero-order valence-corrected chi connectivity index (χ0v) is 19.5. The number of hydrogen-bond acceptors (Lipinski definition) is 7. The quantitative estimate of drug-likeness (QED) is 0.0782. The van der Waals surface area contributed by atoms with E-state index >= 15 is 0 Å². The average molecular weight is 506 g/mol. The van der Waals surface area contributed by atoms with Crippen LogP contribution in [-0.2, 0) is 26.0 Å². The number of nitrogens with two attached hydrogens (primary N) is 3. The molecule has 0 heterocycles. The van der Waals surface area contributed by atoms with Gasteiger partial charge in [0.25, 0.3) is 5.69 Å². The van der Waals surface area contributed by atoms with Crippen LogP contribution in [0.4, 0.5) is 5.69 Å². The van der Waals surface area contributed by atoms with Gasteiger partial charge >= 0.3 is 0 Å². The second-order valence-electron chi connectivity index (χ2n) is 7.50. The molecular formula is C21H27N7O6S. The molecule has 35 heavy (non-hydrogen) atoms. The molecule has 2 atom stereocenters. The fraction of sp³-hybridized carbons (Fsp3) is 0.286. The lowest BCUT2D eigenvalue weighted by atomic mass is 10.0. The Morgan fingerprint density at radius 3 is 2.23 bits per heavy atom. The number of nitro benzene ring substituents is 1. The maximum Gasteiger partial charge on any atom is 0.289 e. The number of aliphatic imine (C=N–C) groups is 1. The van der Waals surface area contributed by atoms with Crippen LogP contribution in [0, 0.1) is 10.1 Å². The molecule has 0 aromatic heterocycles. The number of hydrogen-bond donors (Lipinski definition) is 5. The number of rotatable bonds is 13. The summed E-state index contributed by atoms with van der Waals surface area (Å²) in [7, 11) is -4.50. The smallest absolute Gasteiger partial charge is 0.289 e. The molecule has 13 nitrogen and oxygen atoms in total. The Labute approximate surface area is 202 Å². The van der Waals surface area contributed by atoms with Crippen molar-refractivity contribution in [2.75, 3.05) is 6.54 Å². The molecule has 2 aromatic carbocycles. The first-order chi connectivity index (χ1) is 16.5. The summed E-state index contributed by atoms with van der Waals surface area (Å²) in [6.07, 6.45) is 0.203. The van der Waals surface area contributed by atoms with E-state index in [0.717, 1.165) is 17.7 Å². The fourth-order valence-corrected chi connectivity index (χ4v) is 4.58. The Kier molecular flexibility index (Phi) is 9.66. The van der Waals surface area contributed by atoms with Crippen LogP contribution in [0.1, 0.15) is 18.4 Å². The highest BCUT2D eigenvalue weighted by Gasteiger charge is 2.32. The van der Waals surface area contributed by atoms with Crippen molar-refractivity contribution in [1.82, 2.24) is 10.0 Å². The number of para-hydroxylation sites is 1. The molecule has 14 heteroatoms. The van der Waals surface area contributed by atoms with Gasteiger partial charge in [0, 0.05) is 19.0 Å². The molecule has 2 rings (SSSR count). The number of guanidine groups is 1. The Bertz CT molecular complexity index is 1180. The average Bonchev–Trinajstić information content (AvgIpc) is 2.80. The highest BCUT2D eigenvalue weighted by Crippen LogP contribution is 2.23. The first kappa shape index (κ1) is 27.2. The lowest BCUT2D eigenvalue weighted by Gasteiger charge is -2.22. The van der Waals surface area contributed by atoms with E-state index in [9.17, 15) is 28.1 Å². The second-order valence-corrected chi connectivity index (χ2v) is 9.18. The lowest BCUT2D eigenvalue weighted by molar-refractivity contribution is -0.387. The van der Waals surface area contributed by atoms with Crippen LogP contribution in [-0.4, -0.2) is 49.7 Å². The van der Waals surface area contributed by atoms with Crippen LogP contribution in [0.2, 0.25) is 0 Å². The van der Waals surface area contributed by atoms with Crippen molar-refractivity contribution in [2.45, 2.75) is 36.2 Å². The number of primary amides is 1. The van der Waals surface area contributed by atoms with Crippen molar-refractivity contribution in [3.05, 3.63) is 70.3 Å². The summed E-state index contributed by atoms with van der Waals surface area (Å²) < 4.78 is 28.1. The number of amides is 2. The maximum atomic E-state index is 13.0. The van der Waals surface area contributed by atoms with Crippen LogP contribution >= 0.6 is 0 Å². The van der Waals surface area contributed by atoms with Crippen LogP contribution in [0.25, 0.3) is 0 Å². The molecule has 0 aliphatic heterocycles. The molecule has 0 spiro atoms. The zero-order valence-electron chi connectivity index (χ0n) is 18.7. The molecule has 0 aliphatic carbocycles. The Morgan fingerprint density at radius 1 is 1.00 bits per heavy atom. The summed E-state index contributed by atoms with van der Waals surface area (Å²) in [5.41, 5.74) is 16.1. The van der Waals surface area contributed by atoms with Crippen molar-refractivity contribution in [1.29, 1.82) is 0 Å². The van der Waals surface area contributed by atoms with E-state index in [2.05, 4.69) is 15.0 Å². The van der Waals surface area contributed by atoms with Gasteiger partial charge in [-0.05, 0) is 24.5 Å². The molecule has 2 amide bonds. The summed E-state index contributed by atoms with van der Waals surface area (Å²) in [5, 5.41) is 13.8. The number of nitro groups is 1. The minimum Gasteiger partial charge on any atom is -0.370 e. The van der Waals surface area contributed by atoms with Crippen LogP contribution < -0.4 is 27.2 Å². The number of nitrogens with one attached hydrogen (secondary N) is 2. The van der Waals surface area contributed by atoms with Crippen molar-refractivity contribution in [2.24, 2.45) is 22.2 Å². The molecule has 188 valence electrons. The van der Waals surface area contributed by atoms with E-state index < -0.39 is 49.4 Å². The summed E-state index contributed by atoms with van der Waals surface area (Å²) in [5.74, 6) is -1.83. The molecule has 0 radical (unpaired) electrons. The number of nitrogens with zero attached hydrogens (tertiary/aromatic N) is 2. The van der Waals surface area contributed by atoms with E-state index in [-0.39, 0.29) is 31.8 Å². The first-order valence-electron chi connectivity index (χ1n) is 10.5. The van der Waals surface area contributed by atoms with Gasteiger partial charge in [-0.2, -0.15) is 4.72 Å². The Balaban J connectivity index is 2.28. The molecule has 8 N–H and O–H groups in total. The van der Waals surface area contributed by atoms with Gasteiger partial charge in [-0.3, -0.25) is 24.7 Å². The van der Waals surface area contributed by atoms with Crippen LogP contribution in [0.5, 0.6) is 0 Å². The van der Waals surface area contributed by atoms with Gasteiger partial charge in [-0.25, -0.2) is 8.42 Å². The largest absolute Gasteiger partial charge is 0.370 e. The molecule has 2 aromatic rings. The molecular weight excluding hydrogens is 478 g/mol. The van der Waals surface area contributed by atoms with Gasteiger partial charge < -0.3 is 22.5 Å². The molecule has 0 saturated carbocycles. The van der Waals surface area contributed by atoms with Gasteiger partial charge in [0.2, 0.25) is 21.8 Å². The van der Waals surface area contributed by atoms with Crippen LogP contribution in [0.3, 0.4) is 0 Å². The van der Waals surface area contributed by atoms with Gasteiger partial charge in [0.15, 0.2) is 10.9 Å². The van der Waals surface area contributed by atoms with Crippen molar-refractivity contribution >= 4 is 33.5 Å². The van der Waals surface area contributed by atoms with Crippen LogP contribution in [0.15, 0.2) is 64.5 Å². The van der Waals surface area contributed by atoms with E-state index in [1.54, 1.807) is 30.3 Å². The summed E-state index contributed by atoms with van der Waals surface area (Å²) in [6.45, 7) is 0.0998. The predicted octanol–water partition coefficient (Wildman–Crippen LogP) is -0.492. The Morgan fingerprint density at radius 2 is 1.63 bits per heavy atom. The monoisotopic (exact) mass is 505 g/mol. The van der Waals surface area contributed by atoms with Crippen molar-refractivity contribution in [3.8, 4) is 0 Å². The molecule has 0 saturated heterocycles. The minimum atomic E-state index is -4.50. The van der Waals surface area contributed by atoms with E-state index in [1.807, 2.05) is 0 Å². The third kappa shape index (κ3) is 8.35. The summed E-state index contributed by atoms with van der Waals surface area (Å²) in [4.78, 5) is 38.7. The molecule has 0 fully saturated rings. The standard InChI is InChI=1S/C21H27N7O6S/c22-19(29)16(13-14-7-2-1-3-8-14)26-20(30)15(9-6-12-25-21(23)24)27-35(33,34)18-11-5-4-10-17(18)28(31)32/h1-5,7-8,10-11,15-16,27H,6,9,12-13H2,(H2,22,29)(H,26,30)(H4,23,24,25)/t15-,16-/m0/s1. The highest BCUT2D eigenvalue weighted by atomic mass is 32.2. The number of benzene rings is 2. The Hall–Kier alpha value is -4.04. The number of carbonyl (C=O) groups excluding carboxylic acids is 2. The number of sulfonamides is 1. The second kappa shape index (κ2) is 12.4. The molecule has 0 aliphatic rings. The third-order valence-electron chi connectivity index (χ3n) is 4.85. The topological polar surface area (TPSA) is 226 Å².